The van der Waals surface area contributed by atoms with Crippen molar-refractivity contribution in [1.82, 2.24) is 51.2 Å². The predicted octanol–water partition coefficient (Wildman–Crippen LogP) is 11.5. The Morgan fingerprint density at radius 2 is 0.900 bits per heavy atom. The van der Waals surface area contributed by atoms with Gasteiger partial charge in [-0.15, -0.1) is 20.4 Å². The van der Waals surface area contributed by atoms with Gasteiger partial charge in [0.15, 0.2) is 11.6 Å². The van der Waals surface area contributed by atoms with Crippen LogP contribution in [0.5, 0.6) is 11.5 Å². The second-order valence-electron chi connectivity index (χ2n) is 17.7. The summed E-state index contributed by atoms with van der Waals surface area (Å²) in [6.45, 7) is 3.17. The summed E-state index contributed by atoms with van der Waals surface area (Å²) in [6, 6.07) is 59.3. The number of pyridine rings is 2. The first-order valence-electron chi connectivity index (χ1n) is 24.3. The monoisotopic (exact) mass is 926 g/mol. The summed E-state index contributed by atoms with van der Waals surface area (Å²) in [5.41, 5.74) is 11.8. The van der Waals surface area contributed by atoms with Gasteiger partial charge >= 0.3 is 0 Å². The molecule has 0 saturated heterocycles. The number of hydrogen-bond acceptors (Lipinski definition) is 10. The van der Waals surface area contributed by atoms with Crippen molar-refractivity contribution in [3.8, 4) is 11.5 Å². The van der Waals surface area contributed by atoms with Crippen molar-refractivity contribution in [2.45, 2.75) is 90.3 Å². The smallest absolute Gasteiger partial charge is 0.174 e. The van der Waals surface area contributed by atoms with Crippen molar-refractivity contribution in [1.29, 1.82) is 0 Å². The topological polar surface area (TPSA) is 153 Å². The number of rotatable bonds is 21. The van der Waals surface area contributed by atoms with Gasteiger partial charge in [0, 0.05) is 23.6 Å². The van der Waals surface area contributed by atoms with E-state index in [4.69, 9.17) is 19.4 Å². The van der Waals surface area contributed by atoms with Crippen molar-refractivity contribution in [2.24, 2.45) is 0 Å². The lowest BCUT2D eigenvalue weighted by Gasteiger charge is -2.12. The first kappa shape index (κ1) is 47.0. The number of aryl methyl sites for hydroxylation is 7. The van der Waals surface area contributed by atoms with E-state index in [1.807, 2.05) is 60.7 Å². The average Bonchev–Trinajstić information content (AvgIpc) is 4.16. The maximum absolute atomic E-state index is 6.05. The Kier molecular flexibility index (Phi) is 16.3. The van der Waals surface area contributed by atoms with Crippen LogP contribution >= 0.6 is 0 Å². The number of H-pyrrole nitrogens is 2. The highest BCUT2D eigenvalue weighted by atomic mass is 16.5. The molecule has 0 aliphatic carbocycles. The van der Waals surface area contributed by atoms with Gasteiger partial charge in [-0.25, -0.2) is 9.97 Å². The molecule has 10 rings (SSSR count). The summed E-state index contributed by atoms with van der Waals surface area (Å²) in [7, 11) is 0. The van der Waals surface area contributed by atoms with Crippen LogP contribution in [-0.2, 0) is 58.2 Å². The van der Waals surface area contributed by atoms with E-state index in [0.29, 0.717) is 19.1 Å². The maximum Gasteiger partial charge on any atom is 0.174 e. The number of nitrogens with zero attached hydrogens (tertiary/aromatic N) is 8. The minimum Gasteiger partial charge on any atom is -0.487 e. The van der Waals surface area contributed by atoms with Gasteiger partial charge in [-0.2, -0.15) is 10.4 Å². The number of benzene rings is 6. The fourth-order valence-electron chi connectivity index (χ4n) is 8.44. The standard InChI is InChI=1S/2C29H29N5O/c1-21(9-18-29-31-33-34-32-29)24-14-12-22(13-15-24)10-11-23-5-4-7-27(19-23)35-20-26-17-16-25-6-2-3-8-28(25)30-26;1(4-11-29-31-33-34-32-29)6-22-12-14-23(15-13-22)16-17-24-7-5-9-27(20-24)35-21-26-19-18-25-8-2-3-10-28(25)30-26/h2-8,12-17,19,21H,9-11,18,20H2,1H3,(H,31,32,33,34);2-3,5,7-10,12-15,18-20H,1,4,6,11,16-17,21H2,(H,31,32,33,34). The quantitative estimate of drug-likeness (QED) is 0.0666. The zero-order valence-corrected chi connectivity index (χ0v) is 39.6. The summed E-state index contributed by atoms with van der Waals surface area (Å²) in [5, 5.41) is 30.6. The minimum absolute atomic E-state index is 0.452. The van der Waals surface area contributed by atoms with Gasteiger partial charge in [0.1, 0.15) is 24.7 Å². The van der Waals surface area contributed by atoms with Crippen LogP contribution in [0.25, 0.3) is 21.8 Å². The Morgan fingerprint density at radius 1 is 0.429 bits per heavy atom. The van der Waals surface area contributed by atoms with Crippen LogP contribution in [0.2, 0.25) is 0 Å². The molecule has 1 atom stereocenters. The van der Waals surface area contributed by atoms with Gasteiger partial charge < -0.3 is 9.47 Å². The number of unbranched alkanes of at least 4 members (excludes halogenated alkanes) is 1. The second kappa shape index (κ2) is 24.2. The zero-order chi connectivity index (χ0) is 47.6. The molecule has 6 aromatic carbocycles. The van der Waals surface area contributed by atoms with Gasteiger partial charge in [0.2, 0.25) is 0 Å². The number of hydrogen-bond donors (Lipinski definition) is 2. The van der Waals surface area contributed by atoms with Crippen molar-refractivity contribution in [3.05, 3.63) is 226 Å². The van der Waals surface area contributed by atoms with E-state index in [1.54, 1.807) is 0 Å². The Labute approximate surface area is 409 Å². The number of para-hydroxylation sites is 2. The molecule has 0 aliphatic heterocycles. The summed E-state index contributed by atoms with van der Waals surface area (Å²) in [4.78, 5) is 9.39. The van der Waals surface area contributed by atoms with E-state index in [-0.39, 0.29) is 0 Å². The number of tetrazole rings is 2. The van der Waals surface area contributed by atoms with Gasteiger partial charge in [-0.1, -0.05) is 139 Å². The third kappa shape index (κ3) is 14.0. The normalized spacial score (nSPS) is 11.6. The largest absolute Gasteiger partial charge is 0.487 e. The number of ether oxygens (including phenoxy) is 2. The highest BCUT2D eigenvalue weighted by Gasteiger charge is 2.10. The summed E-state index contributed by atoms with van der Waals surface area (Å²) < 4.78 is 12.1. The third-order valence-corrected chi connectivity index (χ3v) is 12.6. The molecule has 0 fully saturated rings. The molecule has 0 bridgehead atoms. The first-order chi connectivity index (χ1) is 34.5. The van der Waals surface area contributed by atoms with Crippen molar-refractivity contribution in [2.75, 3.05) is 0 Å². The molecule has 10 aromatic rings. The molecule has 0 radical (unpaired) electrons. The van der Waals surface area contributed by atoms with Crippen LogP contribution in [0, 0.1) is 0 Å². The van der Waals surface area contributed by atoms with Gasteiger partial charge in [0.05, 0.1) is 22.4 Å². The molecule has 1 unspecified atom stereocenters. The Hall–Kier alpha value is -8.12. The van der Waals surface area contributed by atoms with Crippen LogP contribution in [-0.4, -0.2) is 51.2 Å². The molecule has 0 spiro atoms. The number of nitrogens with one attached hydrogen (secondary N) is 2. The summed E-state index contributed by atoms with van der Waals surface area (Å²) in [5.74, 6) is 3.78. The van der Waals surface area contributed by atoms with E-state index in [0.717, 1.165) is 121 Å². The number of fused-ring (bicyclic) bond motifs is 2. The van der Waals surface area contributed by atoms with Crippen molar-refractivity contribution >= 4 is 21.8 Å². The molecule has 4 heterocycles. The molecule has 12 heteroatoms. The molecule has 0 amide bonds. The minimum atomic E-state index is 0.452. The fraction of sp³-hybridized carbons (Fsp3) is 0.241. The van der Waals surface area contributed by atoms with Gasteiger partial charge in [-0.3, -0.25) is 0 Å². The Balaban J connectivity index is 0.000000174. The molecule has 12 nitrogen and oxygen atoms in total. The second-order valence-corrected chi connectivity index (χ2v) is 17.7. The van der Waals surface area contributed by atoms with Gasteiger partial charge in [0.25, 0.3) is 0 Å². The van der Waals surface area contributed by atoms with Crippen LogP contribution < -0.4 is 9.47 Å². The lowest BCUT2D eigenvalue weighted by atomic mass is 9.94. The maximum atomic E-state index is 6.05. The van der Waals surface area contributed by atoms with Gasteiger partial charge in [-0.05, 0) is 139 Å². The van der Waals surface area contributed by atoms with E-state index < -0.39 is 0 Å². The summed E-state index contributed by atoms with van der Waals surface area (Å²) >= 11 is 0. The van der Waals surface area contributed by atoms with Crippen molar-refractivity contribution < 1.29 is 9.47 Å². The SMILES string of the molecule is CC(CCc1nn[nH]n1)c1ccc(CCc2cccc(OCc3ccc4ccccc4n3)c2)cc1.c1cc(CCc2ccc(CCCCc3nn[nH]n3)cc2)cc(OCc2ccc3ccccc3n2)c1. The molecule has 4 aromatic heterocycles. The number of aromatic nitrogens is 10. The van der Waals surface area contributed by atoms with E-state index in [9.17, 15) is 0 Å². The van der Waals surface area contributed by atoms with Crippen LogP contribution in [0.1, 0.15) is 88.5 Å². The van der Waals surface area contributed by atoms with E-state index in [1.165, 1.54) is 33.4 Å². The average molecular weight is 927 g/mol. The number of aromatic amines is 2. The fourth-order valence-corrected chi connectivity index (χ4v) is 8.44. The molecule has 0 saturated carbocycles. The third-order valence-electron chi connectivity index (χ3n) is 12.6. The Bertz CT molecular complexity index is 3140. The van der Waals surface area contributed by atoms with E-state index >= 15 is 0 Å². The lowest BCUT2D eigenvalue weighted by molar-refractivity contribution is 0.301. The predicted molar refractivity (Wildman–Crippen MR) is 274 cm³/mol. The molecule has 0 aliphatic rings. The van der Waals surface area contributed by atoms with Crippen LogP contribution in [0.3, 0.4) is 0 Å². The lowest BCUT2D eigenvalue weighted by Crippen LogP contribution is -2.00. The highest BCUT2D eigenvalue weighted by molar-refractivity contribution is 5.79. The molecular weight excluding hydrogens is 869 g/mol. The Morgan fingerprint density at radius 3 is 1.43 bits per heavy atom. The summed E-state index contributed by atoms with van der Waals surface area (Å²) in [6.07, 6.45) is 9.91. The zero-order valence-electron chi connectivity index (χ0n) is 39.6. The van der Waals surface area contributed by atoms with Crippen LogP contribution in [0.15, 0.2) is 170 Å². The van der Waals surface area contributed by atoms with E-state index in [2.05, 4.69) is 157 Å². The molecule has 2 N–H and O–H groups in total. The molecule has 70 heavy (non-hydrogen) atoms. The molecular formula is C58H58N10O2. The molecule has 352 valence electrons. The first-order valence-corrected chi connectivity index (χ1v) is 24.3. The van der Waals surface area contributed by atoms with Crippen LogP contribution in [0.4, 0.5) is 0 Å². The van der Waals surface area contributed by atoms with Crippen molar-refractivity contribution in [3.63, 3.8) is 0 Å². The highest BCUT2D eigenvalue weighted by Crippen LogP contribution is 2.23.